The van der Waals surface area contributed by atoms with Crippen molar-refractivity contribution in [2.24, 2.45) is 5.10 Å². The van der Waals surface area contributed by atoms with E-state index in [1.54, 1.807) is 12.1 Å². The number of hydrazone groups is 1. The minimum Gasteiger partial charge on any atom is -0.294 e. The number of ketones is 1. The van der Waals surface area contributed by atoms with Crippen LogP contribution < -0.4 is 0 Å². The van der Waals surface area contributed by atoms with Gasteiger partial charge in [-0.1, -0.05) is 42.5 Å². The molecule has 0 unspecified atom stereocenters. The Hall–Kier alpha value is -2.49. The molecule has 122 valence electrons. The van der Waals surface area contributed by atoms with Crippen molar-refractivity contribution in [2.75, 3.05) is 0 Å². The molecule has 23 heavy (non-hydrogen) atoms. The number of rotatable bonds is 4. The zero-order valence-corrected chi connectivity index (χ0v) is 13.7. The first-order valence-electron chi connectivity index (χ1n) is 7.78. The Balaban J connectivity index is 0.00000288. The van der Waals surface area contributed by atoms with Crippen molar-refractivity contribution in [1.82, 2.24) is 5.01 Å². The van der Waals surface area contributed by atoms with Gasteiger partial charge in [0.25, 0.3) is 5.91 Å². The second-order valence-electron chi connectivity index (χ2n) is 5.92. The highest BCUT2D eigenvalue weighted by Crippen LogP contribution is 2.20. The summed E-state index contributed by atoms with van der Waals surface area (Å²) in [5, 5.41) is 5.75. The fourth-order valence-electron chi connectivity index (χ4n) is 2.41. The van der Waals surface area contributed by atoms with Crippen molar-refractivity contribution >= 4 is 17.4 Å². The summed E-state index contributed by atoms with van der Waals surface area (Å²) in [5.41, 5.74) is 2.98. The Bertz CT molecular complexity index is 674. The Kier molecular flexibility index (Phi) is 5.63. The quantitative estimate of drug-likeness (QED) is 0.613. The van der Waals surface area contributed by atoms with Gasteiger partial charge in [-0.25, -0.2) is 5.01 Å². The van der Waals surface area contributed by atoms with Gasteiger partial charge in [-0.05, 0) is 33.1 Å². The summed E-state index contributed by atoms with van der Waals surface area (Å²) in [7, 11) is 0. The molecule has 2 rings (SSSR count). The van der Waals surface area contributed by atoms with Gasteiger partial charge in [0.05, 0.1) is 6.42 Å². The number of hydrogen-bond donors (Lipinski definition) is 0. The molecule has 0 aliphatic carbocycles. The second-order valence-corrected chi connectivity index (χ2v) is 5.92. The Morgan fingerprint density at radius 1 is 1.26 bits per heavy atom. The normalized spacial score (nSPS) is 14.8. The molecule has 0 atom stereocenters. The smallest absolute Gasteiger partial charge is 0.271 e. The van der Waals surface area contributed by atoms with Crippen LogP contribution in [0.15, 0.2) is 59.4 Å². The third kappa shape index (κ3) is 4.74. The molecule has 1 aliphatic rings. The molecule has 0 saturated heterocycles. The maximum absolute atomic E-state index is 12.3. The molecule has 1 aliphatic heterocycles. The van der Waals surface area contributed by atoms with Gasteiger partial charge in [0.2, 0.25) is 0 Å². The zero-order chi connectivity index (χ0) is 16.8. The van der Waals surface area contributed by atoms with Crippen molar-refractivity contribution in [3.8, 4) is 0 Å². The fourth-order valence-corrected chi connectivity index (χ4v) is 2.41. The molecule has 0 N–H and O–H groups in total. The highest BCUT2D eigenvalue weighted by Gasteiger charge is 2.20. The van der Waals surface area contributed by atoms with E-state index in [-0.39, 0.29) is 19.5 Å². The molecule has 0 saturated carbocycles. The first kappa shape index (κ1) is 16.9. The van der Waals surface area contributed by atoms with E-state index in [0.717, 1.165) is 17.7 Å². The lowest BCUT2D eigenvalue weighted by atomic mass is 10.0. The first-order chi connectivity index (χ1) is 11.0. The number of hydrogen-bond acceptors (Lipinski definition) is 3. The van der Waals surface area contributed by atoms with Gasteiger partial charge in [-0.15, -0.1) is 0 Å². The molecule has 0 spiro atoms. The molecule has 0 fully saturated rings. The molecule has 1 aromatic carbocycles. The largest absolute Gasteiger partial charge is 0.294 e. The van der Waals surface area contributed by atoms with Crippen LogP contribution in [0.25, 0.3) is 0 Å². The molecule has 0 radical (unpaired) electrons. The number of allylic oxidation sites excluding steroid dienone is 2. The van der Waals surface area contributed by atoms with Crippen molar-refractivity contribution in [2.45, 2.75) is 39.5 Å². The second kappa shape index (κ2) is 7.68. The van der Waals surface area contributed by atoms with E-state index in [1.807, 2.05) is 32.0 Å². The van der Waals surface area contributed by atoms with Crippen LogP contribution in [0.3, 0.4) is 0 Å². The van der Waals surface area contributed by atoms with Gasteiger partial charge in [-0.2, -0.15) is 5.10 Å². The molecular formula is C19H24N2O2. The van der Waals surface area contributed by atoms with Crippen molar-refractivity contribution in [3.63, 3.8) is 0 Å². The van der Waals surface area contributed by atoms with Gasteiger partial charge >= 0.3 is 0 Å². The standard InChI is InChI=1S/C19H22N2O2.H2/c1-14(2)12-19(23)21-15(3)8-7-11-17(20-21)13-18(22)16-9-5-4-6-10-16;/h4-6,9-10,12H,3,7-8,11,13H2,1-2H3;1H. The maximum Gasteiger partial charge on any atom is 0.271 e. The van der Waals surface area contributed by atoms with E-state index in [2.05, 4.69) is 11.7 Å². The van der Waals surface area contributed by atoms with E-state index in [9.17, 15) is 9.59 Å². The summed E-state index contributed by atoms with van der Waals surface area (Å²) in [4.78, 5) is 24.6. The van der Waals surface area contributed by atoms with Crippen LogP contribution in [0, 0.1) is 0 Å². The molecule has 1 heterocycles. The molecule has 1 amide bonds. The van der Waals surface area contributed by atoms with Gasteiger partial charge in [0.1, 0.15) is 0 Å². The minimum atomic E-state index is -0.207. The molecule has 0 bridgehead atoms. The van der Waals surface area contributed by atoms with Crippen molar-refractivity contribution in [3.05, 3.63) is 59.8 Å². The number of carbonyl (C=O) groups is 2. The summed E-state index contributed by atoms with van der Waals surface area (Å²) in [6.07, 6.45) is 4.02. The predicted molar refractivity (Wildman–Crippen MR) is 94.2 cm³/mol. The molecule has 0 aromatic heterocycles. The van der Waals surface area contributed by atoms with E-state index >= 15 is 0 Å². The van der Waals surface area contributed by atoms with Crippen LogP contribution in [0.2, 0.25) is 0 Å². The Morgan fingerprint density at radius 3 is 2.61 bits per heavy atom. The lowest BCUT2D eigenvalue weighted by Crippen LogP contribution is -2.24. The molecular weight excluding hydrogens is 288 g/mol. The summed E-state index contributed by atoms with van der Waals surface area (Å²) in [5.74, 6) is -0.187. The Morgan fingerprint density at radius 2 is 1.96 bits per heavy atom. The maximum atomic E-state index is 12.3. The topological polar surface area (TPSA) is 49.7 Å². The van der Waals surface area contributed by atoms with Crippen LogP contribution in [0.4, 0.5) is 0 Å². The van der Waals surface area contributed by atoms with Crippen LogP contribution in [-0.2, 0) is 4.79 Å². The van der Waals surface area contributed by atoms with Gasteiger partial charge in [0, 0.05) is 24.5 Å². The molecule has 1 aromatic rings. The van der Waals surface area contributed by atoms with E-state index in [0.29, 0.717) is 24.1 Å². The molecule has 4 nitrogen and oxygen atoms in total. The molecule has 4 heteroatoms. The first-order valence-corrected chi connectivity index (χ1v) is 7.78. The monoisotopic (exact) mass is 312 g/mol. The number of Topliss-reactive ketones (excluding diaryl/α,β-unsaturated/α-hetero) is 1. The number of benzene rings is 1. The average Bonchev–Trinajstić information content (AvgIpc) is 2.69. The van der Waals surface area contributed by atoms with Gasteiger partial charge in [-0.3, -0.25) is 9.59 Å². The zero-order valence-electron chi connectivity index (χ0n) is 13.7. The predicted octanol–water partition coefficient (Wildman–Crippen LogP) is 4.35. The Labute approximate surface area is 138 Å². The van der Waals surface area contributed by atoms with Crippen LogP contribution >= 0.6 is 0 Å². The number of amides is 1. The lowest BCUT2D eigenvalue weighted by Gasteiger charge is -2.16. The van der Waals surface area contributed by atoms with Crippen molar-refractivity contribution in [1.29, 1.82) is 0 Å². The van der Waals surface area contributed by atoms with E-state index < -0.39 is 0 Å². The minimum absolute atomic E-state index is 0. The van der Waals surface area contributed by atoms with Crippen molar-refractivity contribution < 1.29 is 11.0 Å². The summed E-state index contributed by atoms with van der Waals surface area (Å²) in [6, 6.07) is 9.16. The summed E-state index contributed by atoms with van der Waals surface area (Å²) < 4.78 is 0. The van der Waals surface area contributed by atoms with Crippen LogP contribution in [0.1, 0.15) is 51.3 Å². The highest BCUT2D eigenvalue weighted by atomic mass is 16.2. The van der Waals surface area contributed by atoms with Crippen LogP contribution in [-0.4, -0.2) is 22.4 Å². The summed E-state index contributed by atoms with van der Waals surface area (Å²) in [6.45, 7) is 7.67. The third-order valence-electron chi connectivity index (χ3n) is 3.55. The summed E-state index contributed by atoms with van der Waals surface area (Å²) >= 11 is 0. The van der Waals surface area contributed by atoms with Gasteiger partial charge in [0.15, 0.2) is 5.78 Å². The van der Waals surface area contributed by atoms with E-state index in [1.165, 1.54) is 11.1 Å². The average molecular weight is 312 g/mol. The number of nitrogens with zero attached hydrogens (tertiary/aromatic N) is 2. The lowest BCUT2D eigenvalue weighted by molar-refractivity contribution is -0.124. The van der Waals surface area contributed by atoms with E-state index in [4.69, 9.17) is 0 Å². The third-order valence-corrected chi connectivity index (χ3v) is 3.55. The fraction of sp³-hybridized carbons (Fsp3) is 0.316. The number of carbonyl (C=O) groups excluding carboxylic acids is 2. The van der Waals surface area contributed by atoms with Gasteiger partial charge < -0.3 is 0 Å². The SMILES string of the molecule is C=C1CCCC(CC(=O)c2ccccc2)=NN1C(=O)C=C(C)C.[HH]. The highest BCUT2D eigenvalue weighted by molar-refractivity contribution is 6.10. The van der Waals surface area contributed by atoms with Crippen LogP contribution in [0.5, 0.6) is 0 Å².